The predicted molar refractivity (Wildman–Crippen MR) is 69.9 cm³/mol. The topological polar surface area (TPSA) is 63.8 Å². The van der Waals surface area contributed by atoms with Gasteiger partial charge in [-0.25, -0.2) is 14.4 Å². The van der Waals surface area contributed by atoms with E-state index in [0.717, 1.165) is 0 Å². The summed E-state index contributed by atoms with van der Waals surface area (Å²) in [6, 6.07) is 4.52. The highest BCUT2D eigenvalue weighted by Crippen LogP contribution is 2.25. The second-order valence-electron chi connectivity index (χ2n) is 3.83. The van der Waals surface area contributed by atoms with Gasteiger partial charge < -0.3 is 11.1 Å². The molecule has 0 amide bonds. The van der Waals surface area contributed by atoms with Gasteiger partial charge in [-0.3, -0.25) is 0 Å². The Morgan fingerprint density at radius 2 is 2.22 bits per heavy atom. The molecule has 0 fully saturated rings. The number of aromatic nitrogens is 2. The van der Waals surface area contributed by atoms with Gasteiger partial charge in [0, 0.05) is 6.20 Å². The van der Waals surface area contributed by atoms with Crippen LogP contribution < -0.4 is 11.1 Å². The van der Waals surface area contributed by atoms with Crippen molar-refractivity contribution in [1.29, 1.82) is 0 Å². The van der Waals surface area contributed by atoms with Crippen LogP contribution in [0.15, 0.2) is 24.4 Å². The van der Waals surface area contributed by atoms with Crippen molar-refractivity contribution in [3.63, 3.8) is 0 Å². The van der Waals surface area contributed by atoms with Crippen molar-refractivity contribution in [2.45, 2.75) is 13.5 Å². The lowest BCUT2D eigenvalue weighted by Crippen LogP contribution is -2.06. The maximum Gasteiger partial charge on any atom is 0.149 e. The molecule has 0 spiro atoms. The molecular weight excluding hydrogens is 255 g/mol. The fourth-order valence-corrected chi connectivity index (χ4v) is 1.74. The van der Waals surface area contributed by atoms with E-state index in [2.05, 4.69) is 15.3 Å². The lowest BCUT2D eigenvalue weighted by atomic mass is 10.2. The normalized spacial score (nSPS) is 10.4. The van der Waals surface area contributed by atoms with Gasteiger partial charge in [-0.1, -0.05) is 11.6 Å². The number of hydrogen-bond donors (Lipinski definition) is 2. The van der Waals surface area contributed by atoms with Gasteiger partial charge in [-0.2, -0.15) is 0 Å². The van der Waals surface area contributed by atoms with Crippen molar-refractivity contribution in [3.8, 4) is 0 Å². The number of nitrogens with one attached hydrogen (secondary N) is 1. The first-order valence-corrected chi connectivity index (χ1v) is 5.71. The fraction of sp³-hybridized carbons (Fsp3) is 0.167. The number of anilines is 2. The molecule has 0 aliphatic rings. The third-order valence-electron chi connectivity index (χ3n) is 2.41. The predicted octanol–water partition coefficient (Wildman–Crippen LogP) is 2.77. The number of benzene rings is 1. The van der Waals surface area contributed by atoms with Crippen LogP contribution in [0.4, 0.5) is 15.9 Å². The van der Waals surface area contributed by atoms with Crippen LogP contribution in [0.1, 0.15) is 11.4 Å². The van der Waals surface area contributed by atoms with Gasteiger partial charge in [0.1, 0.15) is 17.5 Å². The van der Waals surface area contributed by atoms with E-state index in [1.807, 2.05) is 0 Å². The summed E-state index contributed by atoms with van der Waals surface area (Å²) in [6.45, 7) is 1.99. The van der Waals surface area contributed by atoms with Crippen LogP contribution in [0.25, 0.3) is 0 Å². The highest BCUT2D eigenvalue weighted by atomic mass is 35.5. The van der Waals surface area contributed by atoms with Crippen LogP contribution in [0.2, 0.25) is 5.02 Å². The molecule has 0 atom stereocenters. The van der Waals surface area contributed by atoms with Crippen molar-refractivity contribution in [2.75, 3.05) is 11.1 Å². The third kappa shape index (κ3) is 2.87. The average Bonchev–Trinajstić information content (AvgIpc) is 2.32. The van der Waals surface area contributed by atoms with Crippen LogP contribution in [0, 0.1) is 12.7 Å². The zero-order valence-corrected chi connectivity index (χ0v) is 10.5. The Bertz CT molecular complexity index is 574. The van der Waals surface area contributed by atoms with Gasteiger partial charge >= 0.3 is 0 Å². The number of nitrogens with two attached hydrogens (primary N) is 1. The molecule has 0 bridgehead atoms. The molecule has 2 aromatic rings. The number of aryl methyl sites for hydroxylation is 1. The maximum atomic E-state index is 13.4. The standard InChI is InChI=1S/C12H12ClFN4/c1-7-4-8(13)10(5-9(7)14)17-6-12-16-3-2-11(15)18-12/h2-5,17H,6H2,1H3,(H2,15,16,18). The summed E-state index contributed by atoms with van der Waals surface area (Å²) < 4.78 is 13.4. The molecule has 6 heteroatoms. The molecule has 0 saturated heterocycles. The smallest absolute Gasteiger partial charge is 0.149 e. The monoisotopic (exact) mass is 266 g/mol. The molecule has 0 aliphatic heterocycles. The molecule has 18 heavy (non-hydrogen) atoms. The molecule has 0 saturated carbocycles. The van der Waals surface area contributed by atoms with E-state index < -0.39 is 0 Å². The van der Waals surface area contributed by atoms with Crippen LogP contribution in [-0.2, 0) is 6.54 Å². The van der Waals surface area contributed by atoms with Gasteiger partial charge in [0.15, 0.2) is 0 Å². The van der Waals surface area contributed by atoms with Crippen molar-refractivity contribution in [2.24, 2.45) is 0 Å². The van der Waals surface area contributed by atoms with Crippen molar-refractivity contribution in [3.05, 3.63) is 46.6 Å². The van der Waals surface area contributed by atoms with Gasteiger partial charge in [-0.05, 0) is 30.7 Å². The Labute approximate surface area is 109 Å². The minimum Gasteiger partial charge on any atom is -0.384 e. The molecule has 0 aliphatic carbocycles. The Hall–Kier alpha value is -1.88. The zero-order valence-electron chi connectivity index (χ0n) is 9.74. The highest BCUT2D eigenvalue weighted by Gasteiger charge is 2.06. The van der Waals surface area contributed by atoms with E-state index in [-0.39, 0.29) is 5.82 Å². The molecule has 1 aromatic heterocycles. The van der Waals surface area contributed by atoms with E-state index in [1.54, 1.807) is 25.3 Å². The minimum absolute atomic E-state index is 0.310. The SMILES string of the molecule is Cc1cc(Cl)c(NCc2nccc(N)n2)cc1F. The number of hydrogen-bond acceptors (Lipinski definition) is 4. The van der Waals surface area contributed by atoms with E-state index in [0.29, 0.717) is 34.5 Å². The minimum atomic E-state index is -0.310. The molecule has 4 nitrogen and oxygen atoms in total. The maximum absolute atomic E-state index is 13.4. The van der Waals surface area contributed by atoms with Gasteiger partial charge in [0.25, 0.3) is 0 Å². The molecule has 1 heterocycles. The van der Waals surface area contributed by atoms with Crippen LogP contribution in [0.3, 0.4) is 0 Å². The first kappa shape index (κ1) is 12.6. The quantitative estimate of drug-likeness (QED) is 0.897. The second-order valence-corrected chi connectivity index (χ2v) is 4.24. The summed E-state index contributed by atoms with van der Waals surface area (Å²) in [6.07, 6.45) is 1.57. The molecule has 0 radical (unpaired) electrons. The van der Waals surface area contributed by atoms with Crippen LogP contribution in [-0.4, -0.2) is 9.97 Å². The van der Waals surface area contributed by atoms with E-state index in [9.17, 15) is 4.39 Å². The van der Waals surface area contributed by atoms with Gasteiger partial charge in [0.2, 0.25) is 0 Å². The van der Waals surface area contributed by atoms with Crippen LogP contribution in [0.5, 0.6) is 0 Å². The summed E-state index contributed by atoms with van der Waals surface area (Å²) >= 11 is 6.00. The fourth-order valence-electron chi connectivity index (χ4n) is 1.46. The lowest BCUT2D eigenvalue weighted by Gasteiger charge is -2.09. The Morgan fingerprint density at radius 3 is 2.94 bits per heavy atom. The van der Waals surface area contributed by atoms with E-state index in [4.69, 9.17) is 17.3 Å². The van der Waals surface area contributed by atoms with Crippen LogP contribution >= 0.6 is 11.6 Å². The number of halogens is 2. The largest absolute Gasteiger partial charge is 0.384 e. The zero-order chi connectivity index (χ0) is 13.1. The first-order valence-electron chi connectivity index (χ1n) is 5.33. The van der Waals surface area contributed by atoms with E-state index >= 15 is 0 Å². The van der Waals surface area contributed by atoms with Gasteiger partial charge in [0.05, 0.1) is 17.3 Å². The summed E-state index contributed by atoms with van der Waals surface area (Å²) in [5, 5.41) is 3.43. The third-order valence-corrected chi connectivity index (χ3v) is 2.72. The summed E-state index contributed by atoms with van der Waals surface area (Å²) in [7, 11) is 0. The molecule has 1 aromatic carbocycles. The van der Waals surface area contributed by atoms with Crippen molar-refractivity contribution in [1.82, 2.24) is 9.97 Å². The van der Waals surface area contributed by atoms with E-state index in [1.165, 1.54) is 6.07 Å². The summed E-state index contributed by atoms with van der Waals surface area (Å²) in [5.41, 5.74) is 6.55. The number of rotatable bonds is 3. The average molecular weight is 267 g/mol. The van der Waals surface area contributed by atoms with Crippen molar-refractivity contribution < 1.29 is 4.39 Å². The number of nitrogens with zero attached hydrogens (tertiary/aromatic N) is 2. The second kappa shape index (κ2) is 5.18. The Kier molecular flexibility index (Phi) is 3.62. The lowest BCUT2D eigenvalue weighted by molar-refractivity contribution is 0.619. The molecule has 94 valence electrons. The first-order chi connectivity index (χ1) is 8.56. The Balaban J connectivity index is 2.13. The molecular formula is C12H12ClFN4. The van der Waals surface area contributed by atoms with Gasteiger partial charge in [-0.15, -0.1) is 0 Å². The highest BCUT2D eigenvalue weighted by molar-refractivity contribution is 6.33. The van der Waals surface area contributed by atoms with Crippen molar-refractivity contribution >= 4 is 23.1 Å². The molecule has 2 rings (SSSR count). The molecule has 3 N–H and O–H groups in total. The Morgan fingerprint density at radius 1 is 1.44 bits per heavy atom. The molecule has 0 unspecified atom stereocenters. The summed E-state index contributed by atoms with van der Waals surface area (Å²) in [4.78, 5) is 8.06. The number of nitrogen functional groups attached to an aromatic ring is 1. The summed E-state index contributed by atoms with van der Waals surface area (Å²) in [5.74, 6) is 0.602.